The van der Waals surface area contributed by atoms with Gasteiger partial charge in [-0.2, -0.15) is 0 Å². The monoisotopic (exact) mass is 308 g/mol. The van der Waals surface area contributed by atoms with Gasteiger partial charge in [0.2, 0.25) is 5.91 Å². The summed E-state index contributed by atoms with van der Waals surface area (Å²) in [6.45, 7) is 1.82. The zero-order valence-electron chi connectivity index (χ0n) is 11.2. The average molecular weight is 309 g/mol. The van der Waals surface area contributed by atoms with Crippen LogP contribution in [-0.2, 0) is 4.79 Å². The molecule has 1 heterocycles. The molecule has 106 valence electrons. The maximum Gasteiger partial charge on any atom is 0.222 e. The molecule has 0 aliphatic carbocycles. The molecule has 2 aromatic rings. The van der Waals surface area contributed by atoms with Crippen LogP contribution in [0.4, 0.5) is 0 Å². The summed E-state index contributed by atoms with van der Waals surface area (Å²) >= 11 is 7.53. The van der Waals surface area contributed by atoms with Crippen LogP contribution in [0, 0.1) is 0 Å². The second kappa shape index (κ2) is 6.88. The van der Waals surface area contributed by atoms with Crippen molar-refractivity contribution in [2.45, 2.75) is 25.4 Å². The van der Waals surface area contributed by atoms with Gasteiger partial charge >= 0.3 is 0 Å². The summed E-state index contributed by atoms with van der Waals surface area (Å²) in [5.74, 6) is -0.0478. The predicted octanol–water partition coefficient (Wildman–Crippen LogP) is 3.34. The van der Waals surface area contributed by atoms with Gasteiger partial charge in [-0.15, -0.1) is 11.3 Å². The summed E-state index contributed by atoms with van der Waals surface area (Å²) in [5, 5.41) is 5.71. The van der Waals surface area contributed by atoms with Gasteiger partial charge in [-0.05, 0) is 36.1 Å². The van der Waals surface area contributed by atoms with Crippen LogP contribution in [0.15, 0.2) is 41.8 Å². The largest absolute Gasteiger partial charge is 0.344 e. The Labute approximate surface area is 127 Å². The quantitative estimate of drug-likeness (QED) is 0.890. The van der Waals surface area contributed by atoms with E-state index in [0.29, 0.717) is 11.4 Å². The lowest BCUT2D eigenvalue weighted by atomic mass is 10.0. The molecule has 0 aliphatic heterocycles. The minimum Gasteiger partial charge on any atom is -0.344 e. The molecule has 2 rings (SSSR count). The first-order valence-corrected chi connectivity index (χ1v) is 7.66. The normalized spacial score (nSPS) is 13.8. The Morgan fingerprint density at radius 2 is 2.05 bits per heavy atom. The maximum atomic E-state index is 12.0. The lowest BCUT2D eigenvalue weighted by Crippen LogP contribution is -2.33. The van der Waals surface area contributed by atoms with Gasteiger partial charge in [0.15, 0.2) is 0 Å². The highest BCUT2D eigenvalue weighted by atomic mass is 35.5. The highest BCUT2D eigenvalue weighted by Gasteiger charge is 2.18. The van der Waals surface area contributed by atoms with Crippen molar-refractivity contribution in [2.24, 2.45) is 5.73 Å². The summed E-state index contributed by atoms with van der Waals surface area (Å²) in [6.07, 6.45) is 0.315. The molecule has 0 radical (unpaired) electrons. The number of benzene rings is 1. The molecule has 20 heavy (non-hydrogen) atoms. The van der Waals surface area contributed by atoms with Crippen molar-refractivity contribution in [2.75, 3.05) is 0 Å². The number of nitrogens with one attached hydrogen (secondary N) is 1. The second-order valence-electron chi connectivity index (χ2n) is 4.75. The fraction of sp³-hybridized carbons (Fsp3) is 0.267. The summed E-state index contributed by atoms with van der Waals surface area (Å²) in [5.41, 5.74) is 6.68. The van der Waals surface area contributed by atoms with Crippen molar-refractivity contribution in [3.05, 3.63) is 57.2 Å². The number of thiophene rings is 1. The zero-order chi connectivity index (χ0) is 14.5. The molecule has 0 aliphatic rings. The Bertz CT molecular complexity index is 552. The highest BCUT2D eigenvalue weighted by Crippen LogP contribution is 2.27. The summed E-state index contributed by atoms with van der Waals surface area (Å²) < 4.78 is 0. The molecule has 5 heteroatoms. The van der Waals surface area contributed by atoms with Gasteiger partial charge in [-0.25, -0.2) is 0 Å². The number of hydrogen-bond acceptors (Lipinski definition) is 3. The van der Waals surface area contributed by atoms with E-state index in [0.717, 1.165) is 10.4 Å². The minimum absolute atomic E-state index is 0.0478. The predicted molar refractivity (Wildman–Crippen MR) is 84.0 cm³/mol. The summed E-state index contributed by atoms with van der Waals surface area (Å²) in [6, 6.07) is 11.2. The van der Waals surface area contributed by atoms with Gasteiger partial charge < -0.3 is 11.1 Å². The molecule has 3 N–H and O–H groups in total. The minimum atomic E-state index is -0.154. The third kappa shape index (κ3) is 4.07. The van der Waals surface area contributed by atoms with Crippen molar-refractivity contribution in [3.63, 3.8) is 0 Å². The Kier molecular flexibility index (Phi) is 5.17. The highest BCUT2D eigenvalue weighted by molar-refractivity contribution is 7.10. The number of carbonyl (C=O) groups excluding carboxylic acids is 1. The molecular formula is C15H17ClN2OS. The first-order valence-electron chi connectivity index (χ1n) is 6.40. The summed E-state index contributed by atoms with van der Waals surface area (Å²) in [7, 11) is 0. The topological polar surface area (TPSA) is 55.1 Å². The molecule has 0 saturated carbocycles. The summed E-state index contributed by atoms with van der Waals surface area (Å²) in [4.78, 5) is 13.1. The number of halogens is 1. The third-order valence-corrected chi connectivity index (χ3v) is 4.03. The van der Waals surface area contributed by atoms with E-state index in [9.17, 15) is 4.79 Å². The van der Waals surface area contributed by atoms with Crippen LogP contribution in [0.2, 0.25) is 5.02 Å². The molecule has 1 aromatic heterocycles. The van der Waals surface area contributed by atoms with E-state index in [2.05, 4.69) is 5.32 Å². The zero-order valence-corrected chi connectivity index (χ0v) is 12.7. The molecule has 2 atom stereocenters. The first kappa shape index (κ1) is 15.0. The van der Waals surface area contributed by atoms with E-state index in [-0.39, 0.29) is 18.0 Å². The van der Waals surface area contributed by atoms with E-state index in [1.54, 1.807) is 11.3 Å². The molecule has 1 amide bonds. The standard InChI is InChI=1S/C15H17ClN2OS/c1-10(17)9-14(19)18-15(13-3-2-8-20-13)11-4-6-12(16)7-5-11/h2-8,10,15H,9,17H2,1H3,(H,18,19). The van der Waals surface area contributed by atoms with E-state index in [1.165, 1.54) is 0 Å². The second-order valence-corrected chi connectivity index (χ2v) is 6.16. The van der Waals surface area contributed by atoms with Crippen LogP contribution in [0.5, 0.6) is 0 Å². The fourth-order valence-corrected chi connectivity index (χ4v) is 2.87. The number of hydrogen-bond donors (Lipinski definition) is 2. The smallest absolute Gasteiger partial charge is 0.222 e. The van der Waals surface area contributed by atoms with E-state index in [4.69, 9.17) is 17.3 Å². The molecule has 2 unspecified atom stereocenters. The molecule has 0 saturated heterocycles. The first-order chi connectivity index (χ1) is 9.56. The SMILES string of the molecule is CC(N)CC(=O)NC(c1ccc(Cl)cc1)c1cccs1. The molecule has 0 fully saturated rings. The van der Waals surface area contributed by atoms with Gasteiger partial charge in [-0.3, -0.25) is 4.79 Å². The van der Waals surface area contributed by atoms with Gasteiger partial charge in [0.25, 0.3) is 0 Å². The molecular weight excluding hydrogens is 292 g/mol. The Balaban J connectivity index is 2.22. The van der Waals surface area contributed by atoms with Crippen molar-refractivity contribution in [1.82, 2.24) is 5.32 Å². The van der Waals surface area contributed by atoms with E-state index in [1.807, 2.05) is 48.7 Å². The van der Waals surface area contributed by atoms with Crippen LogP contribution in [0.3, 0.4) is 0 Å². The number of rotatable bonds is 5. The fourth-order valence-electron chi connectivity index (χ4n) is 1.94. The van der Waals surface area contributed by atoms with Gasteiger partial charge in [0, 0.05) is 22.4 Å². The molecule has 3 nitrogen and oxygen atoms in total. The van der Waals surface area contributed by atoms with Crippen molar-refractivity contribution < 1.29 is 4.79 Å². The van der Waals surface area contributed by atoms with Crippen molar-refractivity contribution >= 4 is 28.8 Å². The lowest BCUT2D eigenvalue weighted by Gasteiger charge is -2.19. The number of amides is 1. The molecule has 0 spiro atoms. The van der Waals surface area contributed by atoms with Crippen LogP contribution >= 0.6 is 22.9 Å². The number of nitrogens with two attached hydrogens (primary N) is 1. The van der Waals surface area contributed by atoms with Crippen LogP contribution < -0.4 is 11.1 Å². The Morgan fingerprint density at radius 3 is 2.60 bits per heavy atom. The maximum absolute atomic E-state index is 12.0. The average Bonchev–Trinajstić information content (AvgIpc) is 2.90. The van der Waals surface area contributed by atoms with Gasteiger partial charge in [0.05, 0.1) is 6.04 Å². The molecule has 0 bridgehead atoms. The van der Waals surface area contributed by atoms with Crippen LogP contribution in [0.1, 0.15) is 29.8 Å². The van der Waals surface area contributed by atoms with Crippen LogP contribution in [-0.4, -0.2) is 11.9 Å². The van der Waals surface area contributed by atoms with Gasteiger partial charge in [-0.1, -0.05) is 29.8 Å². The lowest BCUT2D eigenvalue weighted by molar-refractivity contribution is -0.121. The van der Waals surface area contributed by atoms with Gasteiger partial charge in [0.1, 0.15) is 0 Å². The van der Waals surface area contributed by atoms with Crippen molar-refractivity contribution in [3.8, 4) is 0 Å². The van der Waals surface area contributed by atoms with E-state index >= 15 is 0 Å². The third-order valence-electron chi connectivity index (χ3n) is 2.84. The van der Waals surface area contributed by atoms with Crippen molar-refractivity contribution in [1.29, 1.82) is 0 Å². The van der Waals surface area contributed by atoms with E-state index < -0.39 is 0 Å². The Morgan fingerprint density at radius 1 is 1.35 bits per heavy atom. The molecule has 1 aromatic carbocycles. The Hall–Kier alpha value is -1.36. The number of carbonyl (C=O) groups is 1. The van der Waals surface area contributed by atoms with Crippen LogP contribution in [0.25, 0.3) is 0 Å².